The lowest BCUT2D eigenvalue weighted by Crippen LogP contribution is -2.04. The van der Waals surface area contributed by atoms with Gasteiger partial charge in [-0.1, -0.05) is 66.7 Å². The van der Waals surface area contributed by atoms with Crippen LogP contribution in [0.5, 0.6) is 0 Å². The molecule has 0 N–H and O–H groups in total. The summed E-state index contributed by atoms with van der Waals surface area (Å²) in [4.78, 5) is 0. The molecule has 0 bridgehead atoms. The molecular weight excluding hydrogens is 156 g/mol. The summed E-state index contributed by atoms with van der Waals surface area (Å²) in [7, 11) is 0. The zero-order chi connectivity index (χ0) is 10.3. The number of rotatable bonds is 6. The van der Waals surface area contributed by atoms with Gasteiger partial charge in [-0.25, -0.2) is 0 Å². The van der Waals surface area contributed by atoms with Gasteiger partial charge in [-0.15, -0.1) is 0 Å². The maximum absolute atomic E-state index is 3.89. The summed E-state index contributed by atoms with van der Waals surface area (Å²) >= 11 is 0. The van der Waals surface area contributed by atoms with Crippen molar-refractivity contribution in [1.29, 1.82) is 0 Å². The molecule has 0 saturated heterocycles. The van der Waals surface area contributed by atoms with Crippen molar-refractivity contribution in [3.63, 3.8) is 0 Å². The molecule has 0 aromatic carbocycles. The maximum Gasteiger partial charge on any atom is -0.0383 e. The topological polar surface area (TPSA) is 0 Å². The van der Waals surface area contributed by atoms with E-state index in [-0.39, 0.29) is 0 Å². The smallest absolute Gasteiger partial charge is 0.0383 e. The first-order chi connectivity index (χ1) is 5.95. The van der Waals surface area contributed by atoms with Crippen molar-refractivity contribution in [2.75, 3.05) is 0 Å². The van der Waals surface area contributed by atoms with Crippen molar-refractivity contribution in [2.45, 2.75) is 66.2 Å². The SMILES string of the molecule is [CH2]CCC(C)CCCCC(C)(C)C. The van der Waals surface area contributed by atoms with Crippen LogP contribution in [0.2, 0.25) is 0 Å². The molecule has 0 saturated carbocycles. The first kappa shape index (κ1) is 13.0. The Bertz CT molecular complexity index is 108. The second-order valence-electron chi connectivity index (χ2n) is 5.55. The van der Waals surface area contributed by atoms with Crippen LogP contribution >= 0.6 is 0 Å². The molecule has 0 amide bonds. The normalized spacial score (nSPS) is 14.5. The van der Waals surface area contributed by atoms with E-state index in [1.165, 1.54) is 32.1 Å². The van der Waals surface area contributed by atoms with E-state index in [4.69, 9.17) is 0 Å². The predicted octanol–water partition coefficient (Wildman–Crippen LogP) is 4.84. The van der Waals surface area contributed by atoms with E-state index < -0.39 is 0 Å². The van der Waals surface area contributed by atoms with Crippen molar-refractivity contribution < 1.29 is 0 Å². The molecule has 13 heavy (non-hydrogen) atoms. The van der Waals surface area contributed by atoms with Crippen molar-refractivity contribution in [2.24, 2.45) is 11.3 Å². The fraction of sp³-hybridized carbons (Fsp3) is 0.923. The van der Waals surface area contributed by atoms with Gasteiger partial charge in [0.05, 0.1) is 0 Å². The zero-order valence-electron chi connectivity index (χ0n) is 10.0. The summed E-state index contributed by atoms with van der Waals surface area (Å²) in [6.45, 7) is 13.2. The molecule has 0 aliphatic rings. The minimum Gasteiger partial charge on any atom is -0.0625 e. The van der Waals surface area contributed by atoms with Crippen molar-refractivity contribution in [1.82, 2.24) is 0 Å². The van der Waals surface area contributed by atoms with Crippen molar-refractivity contribution in [3.05, 3.63) is 6.92 Å². The summed E-state index contributed by atoms with van der Waals surface area (Å²) in [6.07, 6.45) is 7.95. The molecule has 1 atom stereocenters. The van der Waals surface area contributed by atoms with Crippen molar-refractivity contribution in [3.8, 4) is 0 Å². The van der Waals surface area contributed by atoms with Crippen molar-refractivity contribution >= 4 is 0 Å². The Kier molecular flexibility index (Phi) is 6.45. The Morgan fingerprint density at radius 2 is 1.69 bits per heavy atom. The molecule has 79 valence electrons. The van der Waals surface area contributed by atoms with Gasteiger partial charge in [0.15, 0.2) is 0 Å². The Labute approximate surface area is 85.1 Å². The van der Waals surface area contributed by atoms with E-state index in [2.05, 4.69) is 34.6 Å². The van der Waals surface area contributed by atoms with Gasteiger partial charge in [0.25, 0.3) is 0 Å². The zero-order valence-corrected chi connectivity index (χ0v) is 10.0. The highest BCUT2D eigenvalue weighted by molar-refractivity contribution is 4.62. The third kappa shape index (κ3) is 9.92. The summed E-state index contributed by atoms with van der Waals surface area (Å²) in [5.74, 6) is 0.887. The fourth-order valence-corrected chi connectivity index (χ4v) is 1.64. The van der Waals surface area contributed by atoms with Crippen LogP contribution in [-0.4, -0.2) is 0 Å². The van der Waals surface area contributed by atoms with Gasteiger partial charge in [0, 0.05) is 0 Å². The van der Waals surface area contributed by atoms with Crippen LogP contribution in [0, 0.1) is 18.3 Å². The third-order valence-electron chi connectivity index (χ3n) is 2.57. The molecule has 0 nitrogen and oxygen atoms in total. The highest BCUT2D eigenvalue weighted by Crippen LogP contribution is 2.23. The Hall–Kier alpha value is 0. The van der Waals surface area contributed by atoms with E-state index in [9.17, 15) is 0 Å². The summed E-state index contributed by atoms with van der Waals surface area (Å²) in [5.41, 5.74) is 0.523. The summed E-state index contributed by atoms with van der Waals surface area (Å²) in [6, 6.07) is 0. The molecule has 1 unspecified atom stereocenters. The standard InChI is InChI=1S/C13H27/c1-6-9-12(2)10-7-8-11-13(3,4)5/h12H,1,6-11H2,2-5H3. The molecule has 0 aromatic rings. The van der Waals surface area contributed by atoms with E-state index >= 15 is 0 Å². The average Bonchev–Trinajstić information content (AvgIpc) is 1.97. The van der Waals surface area contributed by atoms with Gasteiger partial charge in [0.2, 0.25) is 0 Å². The third-order valence-corrected chi connectivity index (χ3v) is 2.57. The monoisotopic (exact) mass is 183 g/mol. The Balaban J connectivity index is 3.25. The van der Waals surface area contributed by atoms with Gasteiger partial charge < -0.3 is 0 Å². The van der Waals surface area contributed by atoms with Crippen LogP contribution in [0.4, 0.5) is 0 Å². The minimum absolute atomic E-state index is 0.523. The van der Waals surface area contributed by atoms with Crippen LogP contribution < -0.4 is 0 Å². The van der Waals surface area contributed by atoms with E-state index in [1.54, 1.807) is 0 Å². The summed E-state index contributed by atoms with van der Waals surface area (Å²) < 4.78 is 0. The van der Waals surface area contributed by atoms with Crippen LogP contribution in [-0.2, 0) is 0 Å². The maximum atomic E-state index is 3.89. The minimum atomic E-state index is 0.523. The number of hydrogen-bond acceptors (Lipinski definition) is 0. The first-order valence-corrected chi connectivity index (χ1v) is 5.75. The lowest BCUT2D eigenvalue weighted by atomic mass is 9.88. The molecule has 0 aliphatic heterocycles. The van der Waals surface area contributed by atoms with Crippen LogP contribution in [0.1, 0.15) is 66.2 Å². The van der Waals surface area contributed by atoms with E-state index in [0.29, 0.717) is 5.41 Å². The van der Waals surface area contributed by atoms with E-state index in [0.717, 1.165) is 12.3 Å². The average molecular weight is 183 g/mol. The van der Waals surface area contributed by atoms with Gasteiger partial charge >= 0.3 is 0 Å². The molecule has 0 heterocycles. The predicted molar refractivity (Wildman–Crippen MR) is 61.7 cm³/mol. The molecule has 0 aromatic heterocycles. The molecule has 0 heteroatoms. The van der Waals surface area contributed by atoms with E-state index in [1.807, 2.05) is 0 Å². The number of unbranched alkanes of at least 4 members (excludes halogenated alkanes) is 1. The molecular formula is C13H27. The molecule has 0 fully saturated rings. The Morgan fingerprint density at radius 3 is 2.15 bits per heavy atom. The molecule has 0 spiro atoms. The van der Waals surface area contributed by atoms with Gasteiger partial charge in [-0.3, -0.25) is 0 Å². The second-order valence-corrected chi connectivity index (χ2v) is 5.55. The van der Waals surface area contributed by atoms with Gasteiger partial charge in [-0.05, 0) is 17.8 Å². The fourth-order valence-electron chi connectivity index (χ4n) is 1.64. The molecule has 0 aliphatic carbocycles. The van der Waals surface area contributed by atoms with Gasteiger partial charge in [0.1, 0.15) is 0 Å². The molecule has 0 rings (SSSR count). The quantitative estimate of drug-likeness (QED) is 0.517. The first-order valence-electron chi connectivity index (χ1n) is 5.75. The highest BCUT2D eigenvalue weighted by Gasteiger charge is 2.09. The largest absolute Gasteiger partial charge is 0.0625 e. The second kappa shape index (κ2) is 6.45. The Morgan fingerprint density at radius 1 is 1.08 bits per heavy atom. The van der Waals surface area contributed by atoms with Crippen LogP contribution in [0.25, 0.3) is 0 Å². The van der Waals surface area contributed by atoms with Crippen LogP contribution in [0.15, 0.2) is 0 Å². The summed E-state index contributed by atoms with van der Waals surface area (Å²) in [5, 5.41) is 0. The highest BCUT2D eigenvalue weighted by atomic mass is 14.1. The van der Waals surface area contributed by atoms with Gasteiger partial charge in [-0.2, -0.15) is 0 Å². The lowest BCUT2D eigenvalue weighted by Gasteiger charge is -2.18. The lowest BCUT2D eigenvalue weighted by molar-refractivity contribution is 0.347. The number of hydrogen-bond donors (Lipinski definition) is 0. The molecule has 1 radical (unpaired) electrons. The van der Waals surface area contributed by atoms with Crippen LogP contribution in [0.3, 0.4) is 0 Å².